The van der Waals surface area contributed by atoms with Gasteiger partial charge in [0, 0.05) is 43.0 Å². The molecule has 24 heavy (non-hydrogen) atoms. The summed E-state index contributed by atoms with van der Waals surface area (Å²) >= 11 is 0. The first-order valence-corrected chi connectivity index (χ1v) is 8.96. The van der Waals surface area contributed by atoms with E-state index >= 15 is 0 Å². The van der Waals surface area contributed by atoms with Gasteiger partial charge in [-0.2, -0.15) is 0 Å². The van der Waals surface area contributed by atoms with Crippen LogP contribution in [0, 0.1) is 5.92 Å². The van der Waals surface area contributed by atoms with Crippen molar-refractivity contribution in [1.29, 1.82) is 0 Å². The molecule has 6 heteroatoms. The minimum atomic E-state index is -0.804. The van der Waals surface area contributed by atoms with Crippen molar-refractivity contribution < 1.29 is 9.90 Å². The van der Waals surface area contributed by atoms with Crippen molar-refractivity contribution in [1.82, 2.24) is 9.88 Å². The van der Waals surface area contributed by atoms with Gasteiger partial charge in [-0.1, -0.05) is 6.92 Å². The molecule has 0 bridgehead atoms. The van der Waals surface area contributed by atoms with Crippen molar-refractivity contribution in [3.8, 4) is 0 Å². The molecule has 2 N–H and O–H groups in total. The van der Waals surface area contributed by atoms with E-state index < -0.39 is 12.0 Å². The molecule has 0 saturated carbocycles. The van der Waals surface area contributed by atoms with E-state index in [1.807, 2.05) is 16.4 Å². The lowest BCUT2D eigenvalue weighted by molar-refractivity contribution is -0.138. The van der Waals surface area contributed by atoms with Crippen molar-refractivity contribution in [2.75, 3.05) is 24.5 Å². The molecule has 132 valence electrons. The zero-order chi connectivity index (χ0) is 17.3. The number of carboxylic acids is 1. The number of anilines is 1. The Morgan fingerprint density at radius 1 is 1.38 bits per heavy atom. The van der Waals surface area contributed by atoms with Crippen LogP contribution in [0.3, 0.4) is 0 Å². The predicted molar refractivity (Wildman–Crippen MR) is 93.8 cm³/mol. The van der Waals surface area contributed by atoms with Gasteiger partial charge in [0.05, 0.1) is 0 Å². The quantitative estimate of drug-likeness (QED) is 0.876. The molecule has 0 amide bonds. The number of carbonyl (C=O) groups is 1. The van der Waals surface area contributed by atoms with Crippen LogP contribution in [0.2, 0.25) is 0 Å². The Labute approximate surface area is 142 Å². The second-order valence-electron chi connectivity index (χ2n) is 7.11. The Morgan fingerprint density at radius 3 is 2.83 bits per heavy atom. The maximum absolute atomic E-state index is 12.6. The summed E-state index contributed by atoms with van der Waals surface area (Å²) in [4.78, 5) is 26.0. The predicted octanol–water partition coefficient (Wildman–Crippen LogP) is 1.63. The normalized spacial score (nSPS) is 27.4. The van der Waals surface area contributed by atoms with Crippen LogP contribution in [0.5, 0.6) is 0 Å². The van der Waals surface area contributed by atoms with Gasteiger partial charge in [0.1, 0.15) is 6.04 Å². The third-order valence-electron chi connectivity index (χ3n) is 5.32. The number of hydrogen-bond acceptors (Lipinski definition) is 4. The van der Waals surface area contributed by atoms with Gasteiger partial charge in [-0.25, -0.2) is 4.79 Å². The SMILES string of the molecule is CCn1c([C@@H]2CNCC(C)C2)cc(N2CCC[C@H]2C(=O)O)cc1=O. The number of aromatic nitrogens is 1. The van der Waals surface area contributed by atoms with Crippen molar-refractivity contribution in [3.63, 3.8) is 0 Å². The highest BCUT2D eigenvalue weighted by Gasteiger charge is 2.32. The Morgan fingerprint density at radius 2 is 2.17 bits per heavy atom. The molecule has 2 aliphatic rings. The number of pyridine rings is 1. The number of aliphatic carboxylic acids is 1. The van der Waals surface area contributed by atoms with Crippen LogP contribution in [0.25, 0.3) is 0 Å². The summed E-state index contributed by atoms with van der Waals surface area (Å²) in [6, 6.07) is 3.14. The molecule has 1 unspecified atom stereocenters. The number of rotatable bonds is 4. The third kappa shape index (κ3) is 3.20. The molecule has 6 nitrogen and oxygen atoms in total. The van der Waals surface area contributed by atoms with E-state index in [9.17, 15) is 14.7 Å². The second-order valence-corrected chi connectivity index (χ2v) is 7.11. The fourth-order valence-corrected chi connectivity index (χ4v) is 4.16. The average molecular weight is 333 g/mol. The smallest absolute Gasteiger partial charge is 0.326 e. The van der Waals surface area contributed by atoms with E-state index in [-0.39, 0.29) is 5.56 Å². The summed E-state index contributed by atoms with van der Waals surface area (Å²) in [7, 11) is 0. The second kappa shape index (κ2) is 6.97. The number of hydrogen-bond donors (Lipinski definition) is 2. The van der Waals surface area contributed by atoms with E-state index in [2.05, 4.69) is 18.3 Å². The largest absolute Gasteiger partial charge is 0.480 e. The Hall–Kier alpha value is -1.82. The van der Waals surface area contributed by atoms with Gasteiger partial charge in [0.15, 0.2) is 0 Å². The lowest BCUT2D eigenvalue weighted by Gasteiger charge is -2.31. The molecule has 3 atom stereocenters. The third-order valence-corrected chi connectivity index (χ3v) is 5.32. The first kappa shape index (κ1) is 17.0. The van der Waals surface area contributed by atoms with Gasteiger partial charge in [0.2, 0.25) is 0 Å². The van der Waals surface area contributed by atoms with E-state index in [0.717, 1.165) is 37.3 Å². The fraction of sp³-hybridized carbons (Fsp3) is 0.667. The van der Waals surface area contributed by atoms with Crippen LogP contribution < -0.4 is 15.8 Å². The maximum atomic E-state index is 12.6. The molecule has 1 aromatic heterocycles. The summed E-state index contributed by atoms with van der Waals surface area (Å²) in [6.07, 6.45) is 2.55. The van der Waals surface area contributed by atoms with E-state index in [1.54, 1.807) is 6.07 Å². The number of piperidine rings is 1. The highest BCUT2D eigenvalue weighted by atomic mass is 16.4. The van der Waals surface area contributed by atoms with E-state index in [0.29, 0.717) is 31.3 Å². The minimum absolute atomic E-state index is 0.0285. The van der Waals surface area contributed by atoms with Crippen LogP contribution in [0.15, 0.2) is 16.9 Å². The van der Waals surface area contributed by atoms with Crippen molar-refractivity contribution in [2.24, 2.45) is 5.92 Å². The highest BCUT2D eigenvalue weighted by molar-refractivity contribution is 5.79. The van der Waals surface area contributed by atoms with Crippen LogP contribution in [-0.4, -0.2) is 41.3 Å². The van der Waals surface area contributed by atoms with Gasteiger partial charge in [-0.15, -0.1) is 0 Å². The van der Waals surface area contributed by atoms with Crippen molar-refractivity contribution in [2.45, 2.75) is 51.6 Å². The molecule has 3 heterocycles. The van der Waals surface area contributed by atoms with Crippen LogP contribution in [0.1, 0.15) is 44.7 Å². The molecule has 0 radical (unpaired) electrons. The minimum Gasteiger partial charge on any atom is -0.480 e. The molecule has 0 aliphatic carbocycles. The number of carboxylic acid groups (broad SMARTS) is 1. The van der Waals surface area contributed by atoms with Gasteiger partial charge >= 0.3 is 5.97 Å². The molecule has 2 fully saturated rings. The average Bonchev–Trinajstić information content (AvgIpc) is 3.04. The van der Waals surface area contributed by atoms with E-state index in [1.165, 1.54) is 0 Å². The summed E-state index contributed by atoms with van der Waals surface area (Å²) in [5, 5.41) is 12.9. The summed E-state index contributed by atoms with van der Waals surface area (Å²) in [5.41, 5.74) is 1.78. The number of nitrogens with zero attached hydrogens (tertiary/aromatic N) is 2. The molecule has 1 aromatic rings. The first-order chi connectivity index (χ1) is 11.5. The van der Waals surface area contributed by atoms with Crippen molar-refractivity contribution in [3.05, 3.63) is 28.2 Å². The monoisotopic (exact) mass is 333 g/mol. The standard InChI is InChI=1S/C18H27N3O3/c1-3-20-16(13-7-12(2)10-19-11-13)8-14(9-17(20)22)21-6-4-5-15(21)18(23)24/h8-9,12-13,15,19H,3-7,10-11H2,1-2H3,(H,23,24)/t12?,13-,15-/m0/s1. The zero-order valence-electron chi connectivity index (χ0n) is 14.5. The molecule has 2 saturated heterocycles. The van der Waals surface area contributed by atoms with Gasteiger partial charge in [-0.3, -0.25) is 4.79 Å². The molecule has 0 spiro atoms. The Bertz CT molecular complexity index is 670. The first-order valence-electron chi connectivity index (χ1n) is 8.96. The molecule has 2 aliphatic heterocycles. The van der Waals surface area contributed by atoms with Crippen LogP contribution in [-0.2, 0) is 11.3 Å². The van der Waals surface area contributed by atoms with E-state index in [4.69, 9.17) is 0 Å². The summed E-state index contributed by atoms with van der Waals surface area (Å²) in [6.45, 7) is 7.43. The van der Waals surface area contributed by atoms with Gasteiger partial charge in [-0.05, 0) is 44.7 Å². The van der Waals surface area contributed by atoms with Crippen LogP contribution in [0.4, 0.5) is 5.69 Å². The molecular formula is C18H27N3O3. The topological polar surface area (TPSA) is 74.6 Å². The molecular weight excluding hydrogens is 306 g/mol. The Balaban J connectivity index is 2.00. The van der Waals surface area contributed by atoms with Crippen molar-refractivity contribution >= 4 is 11.7 Å². The lowest BCUT2D eigenvalue weighted by Crippen LogP contribution is -2.39. The lowest BCUT2D eigenvalue weighted by atomic mass is 9.88. The molecule has 3 rings (SSSR count). The van der Waals surface area contributed by atoms with Crippen LogP contribution >= 0.6 is 0 Å². The van der Waals surface area contributed by atoms with Gasteiger partial charge in [0.25, 0.3) is 5.56 Å². The number of nitrogens with one attached hydrogen (secondary N) is 1. The maximum Gasteiger partial charge on any atom is 0.326 e. The fourth-order valence-electron chi connectivity index (χ4n) is 4.16. The molecule has 0 aromatic carbocycles. The van der Waals surface area contributed by atoms with Gasteiger partial charge < -0.3 is 19.9 Å². The summed E-state index contributed by atoms with van der Waals surface area (Å²) in [5.74, 6) is 0.0697. The summed E-state index contributed by atoms with van der Waals surface area (Å²) < 4.78 is 1.83. The zero-order valence-corrected chi connectivity index (χ0v) is 14.5. The Kier molecular flexibility index (Phi) is 4.94. The highest BCUT2D eigenvalue weighted by Crippen LogP contribution is 2.30.